The molecule has 0 aliphatic carbocycles. The summed E-state index contributed by atoms with van der Waals surface area (Å²) in [5, 5.41) is 7.51. The van der Waals surface area contributed by atoms with Gasteiger partial charge in [-0.05, 0) is 55.4 Å². The summed E-state index contributed by atoms with van der Waals surface area (Å²) in [6, 6.07) is 16.3. The number of nitrogens with one attached hydrogen (secondary N) is 1. The molecule has 0 saturated carbocycles. The number of hydrogen-bond acceptors (Lipinski definition) is 4. The number of aromatic nitrogens is 2. The van der Waals surface area contributed by atoms with E-state index in [-0.39, 0.29) is 5.91 Å². The first kappa shape index (κ1) is 21.8. The highest BCUT2D eigenvalue weighted by atomic mass is 16.2. The molecule has 2 aromatic carbocycles. The average Bonchev–Trinajstić information content (AvgIpc) is 3.13. The number of likely N-dealkylation sites (tertiary alicyclic amines) is 1. The molecule has 0 unspecified atom stereocenters. The summed E-state index contributed by atoms with van der Waals surface area (Å²) in [6.45, 7) is 4.62. The van der Waals surface area contributed by atoms with Gasteiger partial charge in [0, 0.05) is 44.0 Å². The minimum atomic E-state index is 0.263. The standard InChI is InChI=1S/C26H31N5O/c1-19-29-24-15-22(23(16-27)17-28)8-9-25(24)31(19)18-21-11-13-30(14-12-21)26(32)10-7-20-5-3-2-4-6-20/h2-6,8-9,15-17,21,27H,7,10-14,18,28H2,1H3/b23-17+,27-16?. The van der Waals surface area contributed by atoms with Crippen molar-refractivity contribution in [2.45, 2.75) is 39.2 Å². The fraction of sp³-hybridized carbons (Fsp3) is 0.346. The van der Waals surface area contributed by atoms with Crippen LogP contribution in [0.1, 0.15) is 36.2 Å². The molecule has 4 rings (SSSR count). The van der Waals surface area contributed by atoms with E-state index in [1.165, 1.54) is 18.0 Å². The molecule has 0 atom stereocenters. The van der Waals surface area contributed by atoms with Crippen molar-refractivity contribution >= 4 is 28.7 Å². The maximum atomic E-state index is 12.6. The van der Waals surface area contributed by atoms with E-state index in [2.05, 4.69) is 22.8 Å². The quantitative estimate of drug-likeness (QED) is 0.553. The summed E-state index contributed by atoms with van der Waals surface area (Å²) < 4.78 is 2.28. The Morgan fingerprint density at radius 2 is 1.94 bits per heavy atom. The summed E-state index contributed by atoms with van der Waals surface area (Å²) in [4.78, 5) is 19.4. The third kappa shape index (κ3) is 4.74. The Morgan fingerprint density at radius 3 is 2.62 bits per heavy atom. The number of hydrogen-bond donors (Lipinski definition) is 2. The summed E-state index contributed by atoms with van der Waals surface area (Å²) in [5.41, 5.74) is 10.5. The largest absolute Gasteiger partial charge is 0.404 e. The van der Waals surface area contributed by atoms with Gasteiger partial charge in [0.25, 0.3) is 0 Å². The van der Waals surface area contributed by atoms with Gasteiger partial charge < -0.3 is 20.6 Å². The predicted octanol–water partition coefficient (Wildman–Crippen LogP) is 4.17. The normalized spacial score (nSPS) is 15.3. The van der Waals surface area contributed by atoms with Crippen LogP contribution in [0.15, 0.2) is 54.7 Å². The number of piperidine rings is 1. The van der Waals surface area contributed by atoms with Gasteiger partial charge >= 0.3 is 0 Å². The maximum Gasteiger partial charge on any atom is 0.222 e. The number of carbonyl (C=O) groups excluding carboxylic acids is 1. The fourth-order valence-corrected chi connectivity index (χ4v) is 4.57. The van der Waals surface area contributed by atoms with E-state index in [9.17, 15) is 4.79 Å². The fourth-order valence-electron chi connectivity index (χ4n) is 4.57. The number of rotatable bonds is 7. The van der Waals surface area contributed by atoms with Crippen LogP contribution in [0.5, 0.6) is 0 Å². The van der Waals surface area contributed by atoms with Gasteiger partial charge in [0.05, 0.1) is 11.0 Å². The Kier molecular flexibility index (Phi) is 6.69. The van der Waals surface area contributed by atoms with Crippen molar-refractivity contribution in [2.75, 3.05) is 13.1 Å². The number of allylic oxidation sites excluding steroid dienone is 1. The zero-order valence-electron chi connectivity index (χ0n) is 18.6. The highest BCUT2D eigenvalue weighted by Crippen LogP contribution is 2.25. The second-order valence-corrected chi connectivity index (χ2v) is 8.55. The van der Waals surface area contributed by atoms with Gasteiger partial charge in [-0.1, -0.05) is 36.4 Å². The first-order chi connectivity index (χ1) is 15.6. The molecular weight excluding hydrogens is 398 g/mol. The molecule has 1 aliphatic heterocycles. The minimum Gasteiger partial charge on any atom is -0.404 e. The van der Waals surface area contributed by atoms with Crippen molar-refractivity contribution in [2.24, 2.45) is 11.7 Å². The summed E-state index contributed by atoms with van der Waals surface area (Å²) in [7, 11) is 0. The van der Waals surface area contributed by atoms with E-state index in [0.717, 1.165) is 61.3 Å². The van der Waals surface area contributed by atoms with Crippen LogP contribution in [0, 0.1) is 18.3 Å². The van der Waals surface area contributed by atoms with Gasteiger partial charge in [-0.2, -0.15) is 0 Å². The molecule has 1 saturated heterocycles. The van der Waals surface area contributed by atoms with Crippen LogP contribution in [0.25, 0.3) is 16.6 Å². The second kappa shape index (κ2) is 9.81. The number of fused-ring (bicyclic) bond motifs is 1. The molecule has 0 radical (unpaired) electrons. The third-order valence-corrected chi connectivity index (χ3v) is 6.49. The molecule has 0 spiro atoms. The average molecular weight is 430 g/mol. The van der Waals surface area contributed by atoms with Crippen molar-refractivity contribution in [3.05, 3.63) is 71.7 Å². The molecule has 1 aliphatic rings. The molecule has 1 fully saturated rings. The molecular formula is C26H31N5O. The number of benzene rings is 2. The van der Waals surface area contributed by atoms with Crippen LogP contribution < -0.4 is 5.73 Å². The lowest BCUT2D eigenvalue weighted by molar-refractivity contribution is -0.132. The first-order valence-corrected chi connectivity index (χ1v) is 11.3. The molecule has 6 heteroatoms. The van der Waals surface area contributed by atoms with Crippen molar-refractivity contribution in [3.8, 4) is 0 Å². The monoisotopic (exact) mass is 429 g/mol. The SMILES string of the molecule is Cc1nc2cc(/C(C=N)=C/N)ccc2n1CC1CCN(C(=O)CCc2ccccc2)CC1. The predicted molar refractivity (Wildman–Crippen MR) is 129 cm³/mol. The van der Waals surface area contributed by atoms with Crippen molar-refractivity contribution < 1.29 is 4.79 Å². The van der Waals surface area contributed by atoms with Crippen molar-refractivity contribution in [3.63, 3.8) is 0 Å². The van der Waals surface area contributed by atoms with E-state index in [1.54, 1.807) is 0 Å². The maximum absolute atomic E-state index is 12.6. The van der Waals surface area contributed by atoms with E-state index in [1.807, 2.05) is 42.2 Å². The number of carbonyl (C=O) groups is 1. The van der Waals surface area contributed by atoms with Crippen LogP contribution in [0.4, 0.5) is 0 Å². The highest BCUT2D eigenvalue weighted by molar-refractivity contribution is 6.09. The number of amides is 1. The lowest BCUT2D eigenvalue weighted by atomic mass is 9.96. The van der Waals surface area contributed by atoms with Gasteiger partial charge in [0.2, 0.25) is 5.91 Å². The van der Waals surface area contributed by atoms with Crippen molar-refractivity contribution in [1.82, 2.24) is 14.5 Å². The number of nitrogens with zero attached hydrogens (tertiary/aromatic N) is 3. The van der Waals surface area contributed by atoms with E-state index >= 15 is 0 Å². The molecule has 0 bridgehead atoms. The van der Waals surface area contributed by atoms with Gasteiger partial charge in [-0.25, -0.2) is 4.98 Å². The second-order valence-electron chi connectivity index (χ2n) is 8.55. The van der Waals surface area contributed by atoms with Crippen molar-refractivity contribution in [1.29, 1.82) is 5.41 Å². The molecule has 32 heavy (non-hydrogen) atoms. The van der Waals surface area contributed by atoms with Gasteiger partial charge in [0.1, 0.15) is 5.82 Å². The lowest BCUT2D eigenvalue weighted by Crippen LogP contribution is -2.39. The molecule has 1 amide bonds. The molecule has 2 heterocycles. The third-order valence-electron chi connectivity index (χ3n) is 6.49. The summed E-state index contributed by atoms with van der Waals surface area (Å²) in [5.74, 6) is 1.79. The number of nitrogens with two attached hydrogens (primary N) is 1. The van der Waals surface area contributed by atoms with Gasteiger partial charge in [-0.15, -0.1) is 0 Å². The molecule has 166 valence electrons. The molecule has 3 aromatic rings. The topological polar surface area (TPSA) is 88.0 Å². The van der Waals surface area contributed by atoms with Crippen LogP contribution in [0.2, 0.25) is 0 Å². The number of imidazole rings is 1. The minimum absolute atomic E-state index is 0.263. The van der Waals surface area contributed by atoms with E-state index < -0.39 is 0 Å². The lowest BCUT2D eigenvalue weighted by Gasteiger charge is -2.32. The summed E-state index contributed by atoms with van der Waals surface area (Å²) >= 11 is 0. The van der Waals surface area contributed by atoms with E-state index in [4.69, 9.17) is 16.1 Å². The summed E-state index contributed by atoms with van der Waals surface area (Å²) in [6.07, 6.45) is 6.13. The smallest absolute Gasteiger partial charge is 0.222 e. The van der Waals surface area contributed by atoms with E-state index in [0.29, 0.717) is 17.9 Å². The molecule has 3 N–H and O–H groups in total. The van der Waals surface area contributed by atoms with Crippen LogP contribution >= 0.6 is 0 Å². The Balaban J connectivity index is 1.36. The zero-order chi connectivity index (χ0) is 22.5. The highest BCUT2D eigenvalue weighted by Gasteiger charge is 2.24. The molecule has 1 aromatic heterocycles. The zero-order valence-corrected chi connectivity index (χ0v) is 18.6. The van der Waals surface area contributed by atoms with Gasteiger partial charge in [0.15, 0.2) is 0 Å². The van der Waals surface area contributed by atoms with Gasteiger partial charge in [-0.3, -0.25) is 4.79 Å². The Labute approximate surface area is 189 Å². The first-order valence-electron chi connectivity index (χ1n) is 11.3. The Bertz CT molecular complexity index is 1120. The number of aryl methyl sites for hydroxylation is 2. The van der Waals surface area contributed by atoms with Crippen LogP contribution in [-0.2, 0) is 17.8 Å². The van der Waals surface area contributed by atoms with Crippen LogP contribution in [0.3, 0.4) is 0 Å². The van der Waals surface area contributed by atoms with Crippen LogP contribution in [-0.4, -0.2) is 39.7 Å². The molecule has 6 nitrogen and oxygen atoms in total. The Morgan fingerprint density at radius 1 is 1.19 bits per heavy atom. The Hall–Kier alpha value is -3.41.